The number of carboxylic acids is 1. The first-order chi connectivity index (χ1) is 15.5. The molecule has 12 heteroatoms. The van der Waals surface area contributed by atoms with Gasteiger partial charge in [-0.15, -0.1) is 0 Å². The fourth-order valence-electron chi connectivity index (χ4n) is 3.83. The molecule has 4 heterocycles. The molecule has 0 unspecified atom stereocenters. The van der Waals surface area contributed by atoms with Gasteiger partial charge in [0.2, 0.25) is 12.7 Å². The largest absolute Gasteiger partial charge is 0.481 e. The standard InChI is InChI=1S/C20H19N5O6S/c26-19(27)12-3-5-24(6-4-12)20-22-17(13-8-16(25(28)29)32-18(13)23-20)21-9-11-1-2-14-15(7-11)31-10-30-14/h1-2,7-8,12H,3-6,9-10H2,(H,26,27)(H,21,22,23). The summed E-state index contributed by atoms with van der Waals surface area (Å²) in [7, 11) is 0. The second-order valence-electron chi connectivity index (χ2n) is 7.57. The Morgan fingerprint density at radius 1 is 1.25 bits per heavy atom. The van der Waals surface area contributed by atoms with Crippen LogP contribution in [0.2, 0.25) is 0 Å². The van der Waals surface area contributed by atoms with Crippen LogP contribution < -0.4 is 19.7 Å². The molecule has 2 N–H and O–H groups in total. The molecule has 2 aliphatic rings. The predicted molar refractivity (Wildman–Crippen MR) is 117 cm³/mol. The zero-order chi connectivity index (χ0) is 22.2. The number of hydrogen-bond donors (Lipinski definition) is 2. The SMILES string of the molecule is O=C(O)C1CCN(c2nc(NCc3ccc4c(c3)OCO4)c3cc([N+](=O)[O-])sc3n2)CC1. The molecular formula is C20H19N5O6S. The van der Waals surface area contributed by atoms with Crippen LogP contribution in [0.4, 0.5) is 16.8 Å². The van der Waals surface area contributed by atoms with Crippen molar-refractivity contribution in [3.63, 3.8) is 0 Å². The molecule has 2 aliphatic heterocycles. The van der Waals surface area contributed by atoms with E-state index in [1.165, 1.54) is 6.07 Å². The number of aliphatic carboxylic acids is 1. The average Bonchev–Trinajstić information content (AvgIpc) is 3.44. The van der Waals surface area contributed by atoms with E-state index in [1.807, 2.05) is 23.1 Å². The molecule has 0 atom stereocenters. The number of ether oxygens (including phenoxy) is 2. The Morgan fingerprint density at radius 3 is 2.78 bits per heavy atom. The Bertz CT molecular complexity index is 1210. The van der Waals surface area contributed by atoms with E-state index in [1.54, 1.807) is 0 Å². The number of carbonyl (C=O) groups is 1. The second-order valence-corrected chi connectivity index (χ2v) is 8.58. The molecule has 32 heavy (non-hydrogen) atoms. The van der Waals surface area contributed by atoms with Gasteiger partial charge in [-0.25, -0.2) is 4.98 Å². The van der Waals surface area contributed by atoms with E-state index >= 15 is 0 Å². The van der Waals surface area contributed by atoms with E-state index in [0.717, 1.165) is 16.9 Å². The van der Waals surface area contributed by atoms with E-state index in [4.69, 9.17) is 9.47 Å². The third-order valence-electron chi connectivity index (χ3n) is 5.57. The first-order valence-corrected chi connectivity index (χ1v) is 10.9. The lowest BCUT2D eigenvalue weighted by atomic mass is 9.97. The molecule has 166 valence electrons. The molecule has 0 bridgehead atoms. The molecule has 3 aromatic rings. The van der Waals surface area contributed by atoms with Gasteiger partial charge in [0, 0.05) is 25.7 Å². The molecule has 1 aromatic carbocycles. The fraction of sp³-hybridized carbons (Fsp3) is 0.350. The molecule has 1 saturated heterocycles. The Labute approximate surface area is 185 Å². The summed E-state index contributed by atoms with van der Waals surface area (Å²) in [5.41, 5.74) is 0.939. The highest BCUT2D eigenvalue weighted by Gasteiger charge is 2.27. The van der Waals surface area contributed by atoms with Crippen molar-refractivity contribution in [2.45, 2.75) is 19.4 Å². The number of nitrogens with one attached hydrogen (secondary N) is 1. The van der Waals surface area contributed by atoms with Crippen LogP contribution in [0.1, 0.15) is 18.4 Å². The number of carboxylic acid groups (broad SMARTS) is 1. The Kier molecular flexibility index (Phi) is 5.13. The molecule has 0 saturated carbocycles. The number of nitro groups is 1. The smallest absolute Gasteiger partial charge is 0.326 e. The molecule has 0 aliphatic carbocycles. The van der Waals surface area contributed by atoms with E-state index in [2.05, 4.69) is 15.3 Å². The summed E-state index contributed by atoms with van der Waals surface area (Å²) in [6.07, 6.45) is 1.00. The van der Waals surface area contributed by atoms with E-state index in [9.17, 15) is 20.0 Å². The first-order valence-electron chi connectivity index (χ1n) is 10.0. The quantitative estimate of drug-likeness (QED) is 0.419. The number of fused-ring (bicyclic) bond motifs is 2. The summed E-state index contributed by atoms with van der Waals surface area (Å²) in [5, 5.41) is 24.4. The van der Waals surface area contributed by atoms with Crippen LogP contribution in [-0.2, 0) is 11.3 Å². The molecule has 11 nitrogen and oxygen atoms in total. The minimum absolute atomic E-state index is 0.0119. The minimum atomic E-state index is -0.791. The average molecular weight is 457 g/mol. The third kappa shape index (κ3) is 3.84. The number of piperidine rings is 1. The molecular weight excluding hydrogens is 438 g/mol. The first kappa shape index (κ1) is 20.2. The van der Waals surface area contributed by atoms with Crippen LogP contribution >= 0.6 is 11.3 Å². The zero-order valence-electron chi connectivity index (χ0n) is 16.8. The molecule has 0 amide bonds. The van der Waals surface area contributed by atoms with Crippen LogP contribution in [0.3, 0.4) is 0 Å². The highest BCUT2D eigenvalue weighted by atomic mass is 32.1. The van der Waals surface area contributed by atoms with Gasteiger partial charge in [0.05, 0.1) is 16.2 Å². The number of benzene rings is 1. The summed E-state index contributed by atoms with van der Waals surface area (Å²) in [5.74, 6) is 1.13. The van der Waals surface area contributed by atoms with Crippen molar-refractivity contribution in [1.82, 2.24) is 9.97 Å². The highest BCUT2D eigenvalue weighted by Crippen LogP contribution is 2.36. The van der Waals surface area contributed by atoms with Crippen LogP contribution in [-0.4, -0.2) is 45.8 Å². The normalized spacial score (nSPS) is 15.8. The maximum absolute atomic E-state index is 11.3. The number of rotatable bonds is 6. The van der Waals surface area contributed by atoms with Crippen LogP contribution in [0, 0.1) is 16.0 Å². The van der Waals surface area contributed by atoms with Gasteiger partial charge in [0.25, 0.3) is 0 Å². The van der Waals surface area contributed by atoms with Crippen molar-refractivity contribution in [2.75, 3.05) is 30.1 Å². The molecule has 5 rings (SSSR count). The van der Waals surface area contributed by atoms with Gasteiger partial charge in [-0.3, -0.25) is 14.9 Å². The second kappa shape index (κ2) is 8.11. The van der Waals surface area contributed by atoms with Crippen molar-refractivity contribution >= 4 is 44.3 Å². The summed E-state index contributed by atoms with van der Waals surface area (Å²) in [6, 6.07) is 7.10. The number of hydrogen-bond acceptors (Lipinski definition) is 10. The summed E-state index contributed by atoms with van der Waals surface area (Å²) in [4.78, 5) is 33.7. The van der Waals surface area contributed by atoms with Gasteiger partial charge >= 0.3 is 11.0 Å². The maximum atomic E-state index is 11.3. The number of anilines is 2. The molecule has 0 spiro atoms. The van der Waals surface area contributed by atoms with E-state index < -0.39 is 10.9 Å². The van der Waals surface area contributed by atoms with E-state index in [-0.39, 0.29) is 17.7 Å². The monoisotopic (exact) mass is 457 g/mol. The lowest BCUT2D eigenvalue weighted by Gasteiger charge is -2.30. The zero-order valence-corrected chi connectivity index (χ0v) is 17.6. The van der Waals surface area contributed by atoms with Gasteiger partial charge in [-0.2, -0.15) is 4.98 Å². The number of thiophene rings is 1. The summed E-state index contributed by atoms with van der Waals surface area (Å²) >= 11 is 0.994. The number of aromatic nitrogens is 2. The lowest BCUT2D eigenvalue weighted by molar-refractivity contribution is -0.380. The maximum Gasteiger partial charge on any atom is 0.326 e. The van der Waals surface area contributed by atoms with Crippen molar-refractivity contribution < 1.29 is 24.3 Å². The third-order valence-corrected chi connectivity index (χ3v) is 6.55. The van der Waals surface area contributed by atoms with E-state index in [0.29, 0.717) is 66.0 Å². The summed E-state index contributed by atoms with van der Waals surface area (Å²) < 4.78 is 10.8. The molecule has 2 aromatic heterocycles. The topological polar surface area (TPSA) is 140 Å². The van der Waals surface area contributed by atoms with Gasteiger partial charge in [-0.05, 0) is 41.9 Å². The van der Waals surface area contributed by atoms with Gasteiger partial charge in [-0.1, -0.05) is 6.07 Å². The fourth-order valence-corrected chi connectivity index (χ4v) is 4.67. The Hall–Kier alpha value is -3.67. The highest BCUT2D eigenvalue weighted by molar-refractivity contribution is 7.21. The van der Waals surface area contributed by atoms with Crippen molar-refractivity contribution in [2.24, 2.45) is 5.92 Å². The van der Waals surface area contributed by atoms with Crippen LogP contribution in [0.5, 0.6) is 11.5 Å². The van der Waals surface area contributed by atoms with Crippen molar-refractivity contribution in [3.05, 3.63) is 39.9 Å². The number of nitrogens with zero attached hydrogens (tertiary/aromatic N) is 4. The minimum Gasteiger partial charge on any atom is -0.481 e. The van der Waals surface area contributed by atoms with Gasteiger partial charge in [0.1, 0.15) is 10.6 Å². The predicted octanol–water partition coefficient (Wildman–Crippen LogP) is 3.24. The van der Waals surface area contributed by atoms with Crippen molar-refractivity contribution in [1.29, 1.82) is 0 Å². The molecule has 1 fully saturated rings. The summed E-state index contributed by atoms with van der Waals surface area (Å²) in [6.45, 7) is 1.64. The van der Waals surface area contributed by atoms with Crippen LogP contribution in [0.15, 0.2) is 24.3 Å². The lowest BCUT2D eigenvalue weighted by Crippen LogP contribution is -2.37. The van der Waals surface area contributed by atoms with Gasteiger partial charge < -0.3 is 24.8 Å². The van der Waals surface area contributed by atoms with Crippen molar-refractivity contribution in [3.8, 4) is 11.5 Å². The Morgan fingerprint density at radius 2 is 2.03 bits per heavy atom. The Balaban J connectivity index is 1.43. The van der Waals surface area contributed by atoms with Crippen LogP contribution in [0.25, 0.3) is 10.2 Å². The molecule has 0 radical (unpaired) electrons. The van der Waals surface area contributed by atoms with Gasteiger partial charge in [0.15, 0.2) is 11.5 Å².